The molecule has 110 valence electrons. The van der Waals surface area contributed by atoms with E-state index in [4.69, 9.17) is 21.7 Å². The molecule has 0 radical (unpaired) electrons. The molecule has 19 heavy (non-hydrogen) atoms. The van der Waals surface area contributed by atoms with Crippen LogP contribution >= 0.6 is 12.2 Å². The van der Waals surface area contributed by atoms with Gasteiger partial charge in [0, 0.05) is 0 Å². The zero-order valence-corrected chi connectivity index (χ0v) is 12.2. The number of ether oxygens (including phenoxy) is 3. The SMILES string of the molecule is COC(=O)CC(O)COC(=S)NC(=O)OC(C)(C)C. The Balaban J connectivity index is 3.93. The molecule has 0 rings (SSSR count). The molecule has 1 amide bonds. The van der Waals surface area contributed by atoms with E-state index >= 15 is 0 Å². The van der Waals surface area contributed by atoms with Gasteiger partial charge in [0.15, 0.2) is 0 Å². The molecule has 0 aromatic heterocycles. The topological polar surface area (TPSA) is 94.1 Å². The Labute approximate surface area is 117 Å². The summed E-state index contributed by atoms with van der Waals surface area (Å²) in [6.45, 7) is 4.88. The largest absolute Gasteiger partial charge is 0.469 e. The van der Waals surface area contributed by atoms with Crippen LogP contribution in [0.2, 0.25) is 0 Å². The van der Waals surface area contributed by atoms with Crippen LogP contribution in [0, 0.1) is 0 Å². The van der Waals surface area contributed by atoms with Gasteiger partial charge in [0.1, 0.15) is 12.2 Å². The summed E-state index contributed by atoms with van der Waals surface area (Å²) >= 11 is 4.72. The summed E-state index contributed by atoms with van der Waals surface area (Å²) in [5, 5.41) is 11.3. The predicted octanol–water partition coefficient (Wildman–Crippen LogP) is 0.737. The van der Waals surface area contributed by atoms with Crippen molar-refractivity contribution in [3.63, 3.8) is 0 Å². The first kappa shape index (κ1) is 17.6. The van der Waals surface area contributed by atoms with E-state index in [1.807, 2.05) is 0 Å². The van der Waals surface area contributed by atoms with Gasteiger partial charge in [-0.2, -0.15) is 0 Å². The number of rotatable bonds is 4. The van der Waals surface area contributed by atoms with E-state index in [2.05, 4.69) is 10.1 Å². The first-order chi connectivity index (χ1) is 8.64. The second-order valence-corrected chi connectivity index (χ2v) is 5.03. The molecule has 0 saturated heterocycles. The lowest BCUT2D eigenvalue weighted by Gasteiger charge is -2.20. The van der Waals surface area contributed by atoms with Crippen molar-refractivity contribution in [1.82, 2.24) is 5.32 Å². The Morgan fingerprint density at radius 1 is 1.37 bits per heavy atom. The number of nitrogens with one attached hydrogen (secondary N) is 1. The fourth-order valence-electron chi connectivity index (χ4n) is 0.930. The van der Waals surface area contributed by atoms with Crippen molar-refractivity contribution in [1.29, 1.82) is 0 Å². The molecule has 0 aliphatic heterocycles. The van der Waals surface area contributed by atoms with Crippen molar-refractivity contribution < 1.29 is 28.9 Å². The molecule has 0 aromatic carbocycles. The highest BCUT2D eigenvalue weighted by Crippen LogP contribution is 2.06. The van der Waals surface area contributed by atoms with Gasteiger partial charge in [-0.1, -0.05) is 0 Å². The van der Waals surface area contributed by atoms with Gasteiger partial charge in [-0.3, -0.25) is 10.1 Å². The van der Waals surface area contributed by atoms with Crippen LogP contribution in [0.15, 0.2) is 0 Å². The van der Waals surface area contributed by atoms with E-state index in [-0.39, 0.29) is 18.2 Å². The van der Waals surface area contributed by atoms with Crippen LogP contribution in [0.3, 0.4) is 0 Å². The Bertz CT molecular complexity index is 339. The fraction of sp³-hybridized carbons (Fsp3) is 0.727. The molecule has 0 fully saturated rings. The third-order valence-corrected chi connectivity index (χ3v) is 1.86. The molecule has 0 aliphatic rings. The average Bonchev–Trinajstić information content (AvgIpc) is 2.23. The standard InChI is InChI=1S/C11H19NO6S/c1-11(2,3)18-9(15)12-10(19)17-6-7(13)5-8(14)16-4/h7,13H,5-6H2,1-4H3,(H,12,15,19). The summed E-state index contributed by atoms with van der Waals surface area (Å²) in [6.07, 6.45) is -2.03. The van der Waals surface area contributed by atoms with Gasteiger partial charge >= 0.3 is 12.1 Å². The number of alkyl carbamates (subject to hydrolysis) is 1. The summed E-state index contributed by atoms with van der Waals surface area (Å²) in [4.78, 5) is 22.1. The molecule has 0 saturated carbocycles. The monoisotopic (exact) mass is 293 g/mol. The van der Waals surface area contributed by atoms with Gasteiger partial charge < -0.3 is 19.3 Å². The predicted molar refractivity (Wildman–Crippen MR) is 70.6 cm³/mol. The maximum absolute atomic E-state index is 11.3. The molecule has 1 atom stereocenters. The molecule has 2 N–H and O–H groups in total. The van der Waals surface area contributed by atoms with Crippen molar-refractivity contribution in [2.24, 2.45) is 0 Å². The number of methoxy groups -OCH3 is 1. The molecular formula is C11H19NO6S. The molecule has 1 unspecified atom stereocenters. The highest BCUT2D eigenvalue weighted by molar-refractivity contribution is 7.80. The lowest BCUT2D eigenvalue weighted by Crippen LogP contribution is -2.37. The number of amides is 1. The van der Waals surface area contributed by atoms with E-state index in [0.29, 0.717) is 0 Å². The van der Waals surface area contributed by atoms with Crippen molar-refractivity contribution in [3.05, 3.63) is 0 Å². The van der Waals surface area contributed by atoms with E-state index in [0.717, 1.165) is 0 Å². The van der Waals surface area contributed by atoms with E-state index in [1.54, 1.807) is 20.8 Å². The minimum absolute atomic E-state index is 0.217. The van der Waals surface area contributed by atoms with E-state index in [9.17, 15) is 14.7 Å². The van der Waals surface area contributed by atoms with Crippen LogP contribution in [0.1, 0.15) is 27.2 Å². The number of aliphatic hydroxyl groups is 1. The zero-order valence-electron chi connectivity index (χ0n) is 11.4. The molecule has 0 aliphatic carbocycles. The van der Waals surface area contributed by atoms with Crippen LogP contribution in [-0.4, -0.2) is 47.8 Å². The molecule has 0 bridgehead atoms. The van der Waals surface area contributed by atoms with Crippen LogP contribution in [-0.2, 0) is 19.0 Å². The number of carbonyl (C=O) groups excluding carboxylic acids is 2. The summed E-state index contributed by atoms with van der Waals surface area (Å²) < 4.78 is 14.2. The number of carbonyl (C=O) groups is 2. The maximum Gasteiger partial charge on any atom is 0.415 e. The third kappa shape index (κ3) is 10.2. The van der Waals surface area contributed by atoms with Gasteiger partial charge in [0.05, 0.1) is 19.6 Å². The van der Waals surface area contributed by atoms with E-state index in [1.165, 1.54) is 7.11 Å². The maximum atomic E-state index is 11.3. The number of aliphatic hydroxyl groups excluding tert-OH is 1. The average molecular weight is 293 g/mol. The molecule has 8 heteroatoms. The number of esters is 1. The van der Waals surface area contributed by atoms with Crippen LogP contribution < -0.4 is 5.32 Å². The third-order valence-electron chi connectivity index (χ3n) is 1.64. The van der Waals surface area contributed by atoms with Gasteiger partial charge in [-0.05, 0) is 33.0 Å². The van der Waals surface area contributed by atoms with Crippen LogP contribution in [0.5, 0.6) is 0 Å². The highest BCUT2D eigenvalue weighted by Gasteiger charge is 2.18. The fourth-order valence-corrected chi connectivity index (χ4v) is 1.08. The van der Waals surface area contributed by atoms with Gasteiger partial charge in [0.2, 0.25) is 0 Å². The van der Waals surface area contributed by atoms with Crippen LogP contribution in [0.25, 0.3) is 0 Å². The second-order valence-electron chi connectivity index (χ2n) is 4.66. The van der Waals surface area contributed by atoms with Gasteiger partial charge in [-0.15, -0.1) is 0 Å². The number of thiocarbonyl (C=S) groups is 1. The summed E-state index contributed by atoms with van der Waals surface area (Å²) in [7, 11) is 1.21. The molecular weight excluding hydrogens is 274 g/mol. The van der Waals surface area contributed by atoms with Crippen molar-refractivity contribution in [2.75, 3.05) is 13.7 Å². The second kappa shape index (κ2) is 7.90. The Hall–Kier alpha value is -1.41. The Morgan fingerprint density at radius 2 is 1.95 bits per heavy atom. The lowest BCUT2D eigenvalue weighted by molar-refractivity contribution is -0.143. The smallest absolute Gasteiger partial charge is 0.415 e. The molecule has 7 nitrogen and oxygen atoms in total. The minimum Gasteiger partial charge on any atom is -0.469 e. The first-order valence-electron chi connectivity index (χ1n) is 5.55. The summed E-state index contributed by atoms with van der Waals surface area (Å²) in [5.41, 5.74) is -0.649. The van der Waals surface area contributed by atoms with Crippen molar-refractivity contribution in [3.8, 4) is 0 Å². The minimum atomic E-state index is -1.06. The Morgan fingerprint density at radius 3 is 2.42 bits per heavy atom. The first-order valence-corrected chi connectivity index (χ1v) is 5.96. The van der Waals surface area contributed by atoms with Gasteiger partial charge in [-0.25, -0.2) is 4.79 Å². The number of hydrogen-bond acceptors (Lipinski definition) is 7. The lowest BCUT2D eigenvalue weighted by atomic mass is 10.2. The number of hydrogen-bond donors (Lipinski definition) is 2. The van der Waals surface area contributed by atoms with E-state index < -0.39 is 23.8 Å². The molecule has 0 heterocycles. The highest BCUT2D eigenvalue weighted by atomic mass is 32.1. The van der Waals surface area contributed by atoms with Crippen molar-refractivity contribution in [2.45, 2.75) is 38.9 Å². The normalized spacial score (nSPS) is 12.3. The summed E-state index contributed by atoms with van der Waals surface area (Å²) in [6, 6.07) is 0. The Kier molecular flexibility index (Phi) is 7.32. The quantitative estimate of drug-likeness (QED) is 0.583. The summed E-state index contributed by atoms with van der Waals surface area (Å²) in [5.74, 6) is -0.567. The van der Waals surface area contributed by atoms with Gasteiger partial charge in [0.25, 0.3) is 5.17 Å². The van der Waals surface area contributed by atoms with Crippen molar-refractivity contribution >= 4 is 29.5 Å². The zero-order chi connectivity index (χ0) is 15.1. The molecule has 0 spiro atoms. The molecule has 0 aromatic rings. The van der Waals surface area contributed by atoms with Crippen LogP contribution in [0.4, 0.5) is 4.79 Å².